The topological polar surface area (TPSA) is 41.5 Å². The number of nitrogens with one attached hydrogen (secondary N) is 1. The van der Waals surface area contributed by atoms with Crippen molar-refractivity contribution in [2.75, 3.05) is 31.3 Å². The van der Waals surface area contributed by atoms with Crippen LogP contribution in [0.15, 0.2) is 24.3 Å². The quantitative estimate of drug-likeness (QED) is 0.656. The average Bonchev–Trinajstić information content (AvgIpc) is 2.51. The van der Waals surface area contributed by atoms with Crippen LogP contribution in [0.1, 0.15) is 38.8 Å². The highest BCUT2D eigenvalue weighted by molar-refractivity contribution is 7.99. The van der Waals surface area contributed by atoms with E-state index >= 15 is 0 Å². The van der Waals surface area contributed by atoms with Crippen molar-refractivity contribution in [2.24, 2.45) is 5.92 Å². The number of hydrogen-bond acceptors (Lipinski definition) is 4. The molecular formula is C17H29NO2S. The van der Waals surface area contributed by atoms with Gasteiger partial charge in [-0.2, -0.15) is 11.8 Å². The van der Waals surface area contributed by atoms with Crippen LogP contribution in [0.5, 0.6) is 5.75 Å². The monoisotopic (exact) mass is 311 g/mol. The Hall–Kier alpha value is -0.710. The number of rotatable bonds is 11. The lowest BCUT2D eigenvalue weighted by molar-refractivity contribution is 0.250. The van der Waals surface area contributed by atoms with Crippen molar-refractivity contribution < 1.29 is 9.84 Å². The molecule has 0 aliphatic rings. The van der Waals surface area contributed by atoms with Crippen LogP contribution in [0.25, 0.3) is 0 Å². The summed E-state index contributed by atoms with van der Waals surface area (Å²) in [5.74, 6) is 3.31. The first-order chi connectivity index (χ1) is 10.2. The van der Waals surface area contributed by atoms with Gasteiger partial charge in [0.1, 0.15) is 5.75 Å². The molecule has 1 aromatic carbocycles. The smallest absolute Gasteiger partial charge is 0.124 e. The predicted octanol–water partition coefficient (Wildman–Crippen LogP) is 3.49. The minimum absolute atomic E-state index is 0.260. The van der Waals surface area contributed by atoms with Crippen LogP contribution < -0.4 is 10.1 Å². The molecule has 2 unspecified atom stereocenters. The standard InChI is InChI=1S/C17H29NO2S/c1-4-10-18-16(13-21-12-14(3)11-19)15-8-6-7-9-17(15)20-5-2/h6-9,14,16,18-19H,4-5,10-13H2,1-3H3. The molecule has 0 aliphatic carbocycles. The van der Waals surface area contributed by atoms with E-state index in [2.05, 4.69) is 31.3 Å². The van der Waals surface area contributed by atoms with Crippen molar-refractivity contribution in [3.63, 3.8) is 0 Å². The SMILES string of the molecule is CCCNC(CSCC(C)CO)c1ccccc1OCC. The van der Waals surface area contributed by atoms with Gasteiger partial charge in [-0.1, -0.05) is 32.0 Å². The van der Waals surface area contributed by atoms with Gasteiger partial charge in [0.15, 0.2) is 0 Å². The summed E-state index contributed by atoms with van der Waals surface area (Å²) in [6.45, 7) is 8.22. The highest BCUT2D eigenvalue weighted by Gasteiger charge is 2.16. The molecule has 0 heterocycles. The highest BCUT2D eigenvalue weighted by atomic mass is 32.2. The van der Waals surface area contributed by atoms with E-state index < -0.39 is 0 Å². The second kappa shape index (κ2) is 10.9. The molecule has 1 rings (SSSR count). The summed E-state index contributed by atoms with van der Waals surface area (Å²) < 4.78 is 5.76. The van der Waals surface area contributed by atoms with Gasteiger partial charge in [0.2, 0.25) is 0 Å². The van der Waals surface area contributed by atoms with E-state index in [1.54, 1.807) is 0 Å². The minimum Gasteiger partial charge on any atom is -0.494 e. The maximum Gasteiger partial charge on any atom is 0.124 e. The first-order valence-electron chi connectivity index (χ1n) is 7.86. The summed E-state index contributed by atoms with van der Waals surface area (Å²) in [7, 11) is 0. The lowest BCUT2D eigenvalue weighted by Crippen LogP contribution is -2.25. The van der Waals surface area contributed by atoms with Crippen molar-refractivity contribution >= 4 is 11.8 Å². The van der Waals surface area contributed by atoms with Crippen molar-refractivity contribution in [1.29, 1.82) is 0 Å². The Balaban J connectivity index is 2.71. The Morgan fingerprint density at radius 1 is 1.24 bits per heavy atom. The fourth-order valence-corrected chi connectivity index (χ4v) is 3.25. The fraction of sp³-hybridized carbons (Fsp3) is 0.647. The lowest BCUT2D eigenvalue weighted by Gasteiger charge is -2.22. The zero-order valence-electron chi connectivity index (χ0n) is 13.5. The number of ether oxygens (including phenoxy) is 1. The predicted molar refractivity (Wildman–Crippen MR) is 92.2 cm³/mol. The van der Waals surface area contributed by atoms with Crippen molar-refractivity contribution in [3.05, 3.63) is 29.8 Å². The number of thioether (sulfide) groups is 1. The second-order valence-corrected chi connectivity index (χ2v) is 6.38. The fourth-order valence-electron chi connectivity index (χ4n) is 2.07. The number of aliphatic hydroxyl groups is 1. The molecule has 1 aromatic rings. The zero-order chi connectivity index (χ0) is 15.5. The molecule has 3 nitrogen and oxygen atoms in total. The molecule has 120 valence electrons. The third-order valence-corrected chi connectivity index (χ3v) is 4.61. The Bertz CT molecular complexity index is 387. The third-order valence-electron chi connectivity index (χ3n) is 3.23. The normalized spacial score (nSPS) is 13.9. The highest BCUT2D eigenvalue weighted by Crippen LogP contribution is 2.28. The maximum atomic E-state index is 9.12. The lowest BCUT2D eigenvalue weighted by atomic mass is 10.1. The van der Waals surface area contributed by atoms with Crippen molar-refractivity contribution in [3.8, 4) is 5.75 Å². The maximum absolute atomic E-state index is 9.12. The van der Waals surface area contributed by atoms with Crippen LogP contribution in [0.2, 0.25) is 0 Å². The molecule has 0 spiro atoms. The van der Waals surface area contributed by atoms with E-state index in [-0.39, 0.29) is 6.61 Å². The summed E-state index contributed by atoms with van der Waals surface area (Å²) in [6.07, 6.45) is 1.12. The van der Waals surface area contributed by atoms with Gasteiger partial charge in [0.25, 0.3) is 0 Å². The van der Waals surface area contributed by atoms with Gasteiger partial charge in [0, 0.05) is 24.0 Å². The van der Waals surface area contributed by atoms with Crippen molar-refractivity contribution in [1.82, 2.24) is 5.32 Å². The number of hydrogen-bond donors (Lipinski definition) is 2. The average molecular weight is 311 g/mol. The van der Waals surface area contributed by atoms with Crippen LogP contribution in [0, 0.1) is 5.92 Å². The zero-order valence-corrected chi connectivity index (χ0v) is 14.3. The van der Waals surface area contributed by atoms with Gasteiger partial charge in [-0.15, -0.1) is 0 Å². The van der Waals surface area contributed by atoms with Crippen LogP contribution in [-0.2, 0) is 0 Å². The first-order valence-corrected chi connectivity index (χ1v) is 9.02. The molecule has 0 radical (unpaired) electrons. The van der Waals surface area contributed by atoms with Gasteiger partial charge >= 0.3 is 0 Å². The van der Waals surface area contributed by atoms with E-state index in [1.165, 1.54) is 5.56 Å². The third kappa shape index (κ3) is 6.72. The molecular weight excluding hydrogens is 282 g/mol. The van der Waals surface area contributed by atoms with Crippen LogP contribution >= 0.6 is 11.8 Å². The van der Waals surface area contributed by atoms with Crippen LogP contribution in [0.4, 0.5) is 0 Å². The molecule has 0 saturated carbocycles. The molecule has 0 bridgehead atoms. The molecule has 0 aliphatic heterocycles. The Morgan fingerprint density at radius 2 is 2.00 bits per heavy atom. The largest absolute Gasteiger partial charge is 0.494 e. The summed E-state index contributed by atoms with van der Waals surface area (Å²) >= 11 is 1.89. The summed E-state index contributed by atoms with van der Waals surface area (Å²) in [5, 5.41) is 12.7. The Morgan fingerprint density at radius 3 is 2.67 bits per heavy atom. The molecule has 0 fully saturated rings. The summed E-state index contributed by atoms with van der Waals surface area (Å²) in [6, 6.07) is 8.57. The molecule has 21 heavy (non-hydrogen) atoms. The molecule has 0 amide bonds. The number of benzene rings is 1. The van der Waals surface area contributed by atoms with E-state index in [0.29, 0.717) is 18.6 Å². The molecule has 0 saturated heterocycles. The van der Waals surface area contributed by atoms with Crippen LogP contribution in [0.3, 0.4) is 0 Å². The van der Waals surface area contributed by atoms with E-state index in [9.17, 15) is 0 Å². The van der Waals surface area contributed by atoms with Crippen molar-refractivity contribution in [2.45, 2.75) is 33.2 Å². The molecule has 2 N–H and O–H groups in total. The molecule has 4 heteroatoms. The van der Waals surface area contributed by atoms with Gasteiger partial charge in [-0.05, 0) is 37.6 Å². The van der Waals surface area contributed by atoms with Gasteiger partial charge in [0.05, 0.1) is 6.61 Å². The van der Waals surface area contributed by atoms with E-state index in [4.69, 9.17) is 9.84 Å². The summed E-state index contributed by atoms with van der Waals surface area (Å²) in [5.41, 5.74) is 1.23. The molecule has 0 aromatic heterocycles. The van der Waals surface area contributed by atoms with E-state index in [0.717, 1.165) is 30.2 Å². The Kier molecular flexibility index (Phi) is 9.55. The Labute approximate surface area is 133 Å². The summed E-state index contributed by atoms with van der Waals surface area (Å²) in [4.78, 5) is 0. The second-order valence-electron chi connectivity index (χ2n) is 5.30. The number of para-hydroxylation sites is 1. The van der Waals surface area contributed by atoms with E-state index in [1.807, 2.05) is 30.8 Å². The first kappa shape index (κ1) is 18.3. The van der Waals surface area contributed by atoms with Gasteiger partial charge in [-0.25, -0.2) is 0 Å². The number of aliphatic hydroxyl groups excluding tert-OH is 1. The van der Waals surface area contributed by atoms with Gasteiger partial charge < -0.3 is 15.2 Å². The molecule has 2 atom stereocenters. The minimum atomic E-state index is 0.260. The van der Waals surface area contributed by atoms with Gasteiger partial charge in [-0.3, -0.25) is 0 Å². The van der Waals surface area contributed by atoms with Crippen LogP contribution in [-0.4, -0.2) is 36.4 Å².